The molecule has 10 nitrogen and oxygen atoms in total. The SMILES string of the molecule is COC(=O)N(NC(=O)c1c(CN2CCN(S(=O)(=O)c3ccccc3)CC2)c(-c2ccccc2)nc2ccccc12)c1ccccc1. The van der Waals surface area contributed by atoms with Crippen molar-refractivity contribution >= 4 is 38.6 Å². The van der Waals surface area contributed by atoms with Gasteiger partial charge in [0.15, 0.2) is 0 Å². The molecule has 2 heterocycles. The van der Waals surface area contributed by atoms with E-state index in [-0.39, 0.29) is 4.90 Å². The molecule has 5 aromatic rings. The molecule has 2 amide bonds. The van der Waals surface area contributed by atoms with E-state index in [0.29, 0.717) is 66.1 Å². The first-order chi connectivity index (χ1) is 22.4. The van der Waals surface area contributed by atoms with Crippen molar-refractivity contribution in [2.75, 3.05) is 38.3 Å². The predicted molar refractivity (Wildman–Crippen MR) is 176 cm³/mol. The van der Waals surface area contributed by atoms with Crippen LogP contribution in [0.2, 0.25) is 0 Å². The Morgan fingerprint density at radius 2 is 1.39 bits per heavy atom. The number of aromatic nitrogens is 1. The molecule has 46 heavy (non-hydrogen) atoms. The fraction of sp³-hybridized carbons (Fsp3) is 0.171. The normalized spacial score (nSPS) is 14.1. The number of carbonyl (C=O) groups is 2. The number of benzene rings is 4. The minimum Gasteiger partial charge on any atom is -0.451 e. The number of methoxy groups -OCH3 is 1. The molecule has 0 radical (unpaired) electrons. The molecule has 0 atom stereocenters. The minimum absolute atomic E-state index is 0.265. The Morgan fingerprint density at radius 1 is 0.804 bits per heavy atom. The number of rotatable bonds is 7. The van der Waals surface area contributed by atoms with Crippen LogP contribution < -0.4 is 10.4 Å². The zero-order valence-electron chi connectivity index (χ0n) is 25.2. The number of pyridine rings is 1. The van der Waals surface area contributed by atoms with Gasteiger partial charge in [-0.3, -0.25) is 15.1 Å². The monoisotopic (exact) mass is 635 g/mol. The van der Waals surface area contributed by atoms with Gasteiger partial charge in [0.1, 0.15) is 0 Å². The number of carbonyl (C=O) groups excluding carboxylic acids is 2. The summed E-state index contributed by atoms with van der Waals surface area (Å²) in [5.41, 5.74) is 6.33. The van der Waals surface area contributed by atoms with Crippen LogP contribution in [0, 0.1) is 0 Å². The Hall–Kier alpha value is -5.10. The number of hydrogen-bond donors (Lipinski definition) is 1. The maximum Gasteiger partial charge on any atom is 0.433 e. The van der Waals surface area contributed by atoms with Gasteiger partial charge in [-0.05, 0) is 30.3 Å². The molecule has 0 bridgehead atoms. The highest BCUT2D eigenvalue weighted by Gasteiger charge is 2.31. The van der Waals surface area contributed by atoms with E-state index in [0.717, 1.165) is 10.6 Å². The maximum absolute atomic E-state index is 14.4. The average molecular weight is 636 g/mol. The lowest BCUT2D eigenvalue weighted by molar-refractivity contribution is 0.0940. The Kier molecular flexibility index (Phi) is 9.06. The van der Waals surface area contributed by atoms with Gasteiger partial charge < -0.3 is 4.74 Å². The summed E-state index contributed by atoms with van der Waals surface area (Å²) in [4.78, 5) is 34.6. The third-order valence-corrected chi connectivity index (χ3v) is 9.86. The Morgan fingerprint density at radius 3 is 2.04 bits per heavy atom. The van der Waals surface area contributed by atoms with Crippen molar-refractivity contribution in [1.82, 2.24) is 19.6 Å². The topological polar surface area (TPSA) is 112 Å². The average Bonchev–Trinajstić information content (AvgIpc) is 3.11. The fourth-order valence-electron chi connectivity index (χ4n) is 5.63. The molecule has 6 rings (SSSR count). The van der Waals surface area contributed by atoms with Crippen LogP contribution in [-0.2, 0) is 21.3 Å². The van der Waals surface area contributed by atoms with E-state index < -0.39 is 22.0 Å². The van der Waals surface area contributed by atoms with Gasteiger partial charge >= 0.3 is 6.09 Å². The summed E-state index contributed by atoms with van der Waals surface area (Å²) in [6, 6.07) is 34.2. The molecule has 0 saturated carbocycles. The molecule has 0 unspecified atom stereocenters. The molecule has 234 valence electrons. The third-order valence-electron chi connectivity index (χ3n) is 7.95. The molecular weight excluding hydrogens is 602 g/mol. The van der Waals surface area contributed by atoms with Crippen LogP contribution in [0.4, 0.5) is 10.5 Å². The summed E-state index contributed by atoms with van der Waals surface area (Å²) in [7, 11) is -2.38. The molecule has 1 aromatic heterocycles. The highest BCUT2D eigenvalue weighted by atomic mass is 32.2. The number of fused-ring (bicyclic) bond motifs is 1. The zero-order valence-corrected chi connectivity index (χ0v) is 26.1. The van der Waals surface area contributed by atoms with Gasteiger partial charge in [-0.1, -0.05) is 84.9 Å². The number of hydrogen-bond acceptors (Lipinski definition) is 7. The summed E-state index contributed by atoms with van der Waals surface area (Å²) >= 11 is 0. The largest absolute Gasteiger partial charge is 0.451 e. The second-order valence-electron chi connectivity index (χ2n) is 10.8. The lowest BCUT2D eigenvalue weighted by atomic mass is 9.95. The van der Waals surface area contributed by atoms with Crippen LogP contribution in [0.25, 0.3) is 22.2 Å². The molecule has 1 saturated heterocycles. The van der Waals surface area contributed by atoms with E-state index in [1.807, 2.05) is 60.7 Å². The third kappa shape index (κ3) is 6.34. The van der Waals surface area contributed by atoms with Crippen LogP contribution in [-0.4, -0.2) is 67.9 Å². The van der Waals surface area contributed by atoms with Gasteiger partial charge in [0, 0.05) is 49.2 Å². The van der Waals surface area contributed by atoms with Gasteiger partial charge in [-0.25, -0.2) is 18.2 Å². The summed E-state index contributed by atoms with van der Waals surface area (Å²) in [5.74, 6) is -0.509. The lowest BCUT2D eigenvalue weighted by Gasteiger charge is -2.34. The molecule has 1 aliphatic rings. The molecular formula is C35H33N5O5S. The Labute approximate surface area is 267 Å². The van der Waals surface area contributed by atoms with Crippen LogP contribution in [0.1, 0.15) is 15.9 Å². The zero-order chi connectivity index (χ0) is 32.1. The summed E-state index contributed by atoms with van der Waals surface area (Å²) in [6.07, 6.45) is -0.751. The second-order valence-corrected chi connectivity index (χ2v) is 12.7. The van der Waals surface area contributed by atoms with Crippen LogP contribution in [0.5, 0.6) is 0 Å². The van der Waals surface area contributed by atoms with E-state index in [4.69, 9.17) is 9.72 Å². The highest BCUT2D eigenvalue weighted by Crippen LogP contribution is 2.32. The van der Waals surface area contributed by atoms with E-state index in [2.05, 4.69) is 10.3 Å². The van der Waals surface area contributed by atoms with Crippen LogP contribution in [0.3, 0.4) is 0 Å². The Bertz CT molecular complexity index is 1950. The van der Waals surface area contributed by atoms with Crippen molar-refractivity contribution in [3.8, 4) is 11.3 Å². The van der Waals surface area contributed by atoms with E-state index in [1.165, 1.54) is 11.4 Å². The first-order valence-corrected chi connectivity index (χ1v) is 16.3. The number of amides is 2. The highest BCUT2D eigenvalue weighted by molar-refractivity contribution is 7.89. The van der Waals surface area contributed by atoms with Gasteiger partial charge in [-0.15, -0.1) is 0 Å². The van der Waals surface area contributed by atoms with Crippen molar-refractivity contribution in [3.63, 3.8) is 0 Å². The maximum atomic E-state index is 14.4. The minimum atomic E-state index is -3.63. The number of hydrazine groups is 1. The summed E-state index contributed by atoms with van der Waals surface area (Å²) < 4.78 is 33.1. The molecule has 4 aromatic carbocycles. The molecule has 1 N–H and O–H groups in total. The number of sulfonamides is 1. The molecule has 0 spiro atoms. The van der Waals surface area contributed by atoms with Crippen LogP contribution >= 0.6 is 0 Å². The number of anilines is 1. The van der Waals surface area contributed by atoms with Crippen molar-refractivity contribution in [2.24, 2.45) is 0 Å². The first kappa shape index (κ1) is 30.9. The van der Waals surface area contributed by atoms with E-state index in [9.17, 15) is 18.0 Å². The number of para-hydroxylation sites is 2. The fourth-order valence-corrected chi connectivity index (χ4v) is 7.08. The standard InChI is InChI=1S/C35H33N5O5S/c1-45-35(42)40(27-15-7-3-8-16-27)37-34(41)32-29-19-11-12-20-31(29)36-33(26-13-5-2-6-14-26)30(32)25-38-21-23-39(24-22-38)46(43,44)28-17-9-4-10-18-28/h2-20H,21-25H2,1H3,(H,37,41). The molecule has 1 fully saturated rings. The quantitative estimate of drug-likeness (QED) is 0.241. The number of nitrogens with zero attached hydrogens (tertiary/aromatic N) is 4. The molecule has 1 aliphatic heterocycles. The van der Waals surface area contributed by atoms with Gasteiger partial charge in [0.05, 0.1) is 34.5 Å². The van der Waals surface area contributed by atoms with Gasteiger partial charge in [0.25, 0.3) is 5.91 Å². The Balaban J connectivity index is 1.39. The summed E-state index contributed by atoms with van der Waals surface area (Å²) in [6.45, 7) is 1.82. The van der Waals surface area contributed by atoms with Crippen molar-refractivity contribution < 1.29 is 22.7 Å². The number of ether oxygens (including phenoxy) is 1. The molecule has 0 aliphatic carbocycles. The van der Waals surface area contributed by atoms with Crippen LogP contribution in [0.15, 0.2) is 120 Å². The number of nitrogens with one attached hydrogen (secondary N) is 1. The van der Waals surface area contributed by atoms with Crippen molar-refractivity contribution in [3.05, 3.63) is 126 Å². The second kappa shape index (κ2) is 13.5. The van der Waals surface area contributed by atoms with E-state index in [1.54, 1.807) is 54.6 Å². The number of piperazine rings is 1. The van der Waals surface area contributed by atoms with Crippen molar-refractivity contribution in [1.29, 1.82) is 0 Å². The lowest BCUT2D eigenvalue weighted by Crippen LogP contribution is -2.49. The first-order valence-electron chi connectivity index (χ1n) is 14.9. The van der Waals surface area contributed by atoms with Crippen molar-refractivity contribution in [2.45, 2.75) is 11.4 Å². The van der Waals surface area contributed by atoms with Gasteiger partial charge in [0.2, 0.25) is 10.0 Å². The summed E-state index contributed by atoms with van der Waals surface area (Å²) in [5, 5.41) is 1.70. The van der Waals surface area contributed by atoms with Gasteiger partial charge in [-0.2, -0.15) is 9.31 Å². The smallest absolute Gasteiger partial charge is 0.433 e. The molecule has 11 heteroatoms. The van der Waals surface area contributed by atoms with E-state index >= 15 is 0 Å². The predicted octanol–water partition coefficient (Wildman–Crippen LogP) is 5.33.